The molecule has 4 aromatic heterocycles. The van der Waals surface area contributed by atoms with Crippen LogP contribution >= 0.6 is 11.3 Å². The summed E-state index contributed by atoms with van der Waals surface area (Å²) in [6.45, 7) is 0. The SMILES string of the molecule is c1ccc(-c2nc(-c3ccccc3)nc(-c3cccc4c3oc3cc(-c5cc(-c6ccc7oc8ccccc8c7c6)c6sc7ccccc7c6c5)ccc34)n2)cc1. The largest absolute Gasteiger partial charge is 0.456 e. The minimum Gasteiger partial charge on any atom is -0.456 e. The number of nitrogens with zero attached hydrogens (tertiary/aromatic N) is 3. The minimum atomic E-state index is 0.564. The zero-order valence-electron chi connectivity index (χ0n) is 30.3. The molecule has 0 spiro atoms. The number of furan rings is 2. The third-order valence-corrected chi connectivity index (χ3v) is 12.2. The molecule has 6 heteroatoms. The van der Waals surface area contributed by atoms with E-state index in [-0.39, 0.29) is 0 Å². The summed E-state index contributed by atoms with van der Waals surface area (Å²) in [5, 5.41) is 6.79. The van der Waals surface area contributed by atoms with Gasteiger partial charge in [-0.2, -0.15) is 0 Å². The van der Waals surface area contributed by atoms with E-state index >= 15 is 0 Å². The topological polar surface area (TPSA) is 65.0 Å². The molecule has 8 aromatic carbocycles. The molecule has 0 saturated carbocycles. The van der Waals surface area contributed by atoms with Crippen LogP contribution < -0.4 is 0 Å². The molecular formula is C51H29N3O2S. The van der Waals surface area contributed by atoms with Gasteiger partial charge in [-0.05, 0) is 71.3 Å². The lowest BCUT2D eigenvalue weighted by Crippen LogP contribution is -2.00. The Morgan fingerprint density at radius 2 is 0.965 bits per heavy atom. The lowest BCUT2D eigenvalue weighted by molar-refractivity contribution is 0.669. The lowest BCUT2D eigenvalue weighted by Gasteiger charge is -2.09. The number of aromatic nitrogens is 3. The summed E-state index contributed by atoms with van der Waals surface area (Å²) in [7, 11) is 0. The van der Waals surface area contributed by atoms with Gasteiger partial charge in [-0.25, -0.2) is 15.0 Å². The van der Waals surface area contributed by atoms with E-state index in [4.69, 9.17) is 23.8 Å². The third-order valence-electron chi connectivity index (χ3n) is 10.9. The van der Waals surface area contributed by atoms with Crippen LogP contribution in [0.3, 0.4) is 0 Å². The van der Waals surface area contributed by atoms with Gasteiger partial charge in [-0.3, -0.25) is 0 Å². The van der Waals surface area contributed by atoms with Crippen LogP contribution in [0.2, 0.25) is 0 Å². The smallest absolute Gasteiger partial charge is 0.167 e. The zero-order valence-corrected chi connectivity index (χ0v) is 31.1. The fraction of sp³-hybridized carbons (Fsp3) is 0. The molecule has 0 radical (unpaired) electrons. The predicted octanol–water partition coefficient (Wildman–Crippen LogP) is 14.4. The van der Waals surface area contributed by atoms with Crippen LogP contribution in [0.1, 0.15) is 0 Å². The summed E-state index contributed by atoms with van der Waals surface area (Å²) >= 11 is 1.84. The molecule has 0 unspecified atom stereocenters. The number of para-hydroxylation sites is 2. The first-order valence-electron chi connectivity index (χ1n) is 18.9. The van der Waals surface area contributed by atoms with E-state index in [1.54, 1.807) is 0 Å². The maximum absolute atomic E-state index is 6.82. The molecule has 0 atom stereocenters. The van der Waals surface area contributed by atoms with Gasteiger partial charge in [-0.1, -0.05) is 121 Å². The second-order valence-corrected chi connectivity index (χ2v) is 15.4. The highest BCUT2D eigenvalue weighted by Gasteiger charge is 2.20. The van der Waals surface area contributed by atoms with Gasteiger partial charge < -0.3 is 8.83 Å². The molecule has 57 heavy (non-hydrogen) atoms. The van der Waals surface area contributed by atoms with Crippen molar-refractivity contribution in [1.82, 2.24) is 15.0 Å². The summed E-state index contributed by atoms with van der Waals surface area (Å²) in [5.41, 5.74) is 10.6. The normalized spacial score (nSPS) is 11.9. The van der Waals surface area contributed by atoms with Gasteiger partial charge in [-0.15, -0.1) is 11.3 Å². The Labute approximate surface area is 330 Å². The number of fused-ring (bicyclic) bond motifs is 9. The highest BCUT2D eigenvalue weighted by atomic mass is 32.1. The third kappa shape index (κ3) is 5.19. The first-order chi connectivity index (χ1) is 28.2. The van der Waals surface area contributed by atoms with Crippen LogP contribution in [0.5, 0.6) is 0 Å². The number of benzene rings is 8. The first-order valence-corrected chi connectivity index (χ1v) is 19.7. The second-order valence-electron chi connectivity index (χ2n) is 14.3. The zero-order chi connectivity index (χ0) is 37.5. The molecule has 12 rings (SSSR count). The average molecular weight is 748 g/mol. The van der Waals surface area contributed by atoms with Gasteiger partial charge in [0.2, 0.25) is 0 Å². The van der Waals surface area contributed by atoms with E-state index in [0.717, 1.165) is 77.3 Å². The lowest BCUT2D eigenvalue weighted by atomic mass is 9.95. The van der Waals surface area contributed by atoms with Gasteiger partial charge >= 0.3 is 0 Å². The van der Waals surface area contributed by atoms with Crippen LogP contribution in [0.15, 0.2) is 185 Å². The van der Waals surface area contributed by atoms with Crippen molar-refractivity contribution in [2.45, 2.75) is 0 Å². The Morgan fingerprint density at radius 3 is 1.77 bits per heavy atom. The molecule has 0 N–H and O–H groups in total. The highest BCUT2D eigenvalue weighted by Crippen LogP contribution is 2.45. The maximum Gasteiger partial charge on any atom is 0.167 e. The number of thiophene rings is 1. The van der Waals surface area contributed by atoms with Crippen molar-refractivity contribution in [1.29, 1.82) is 0 Å². The van der Waals surface area contributed by atoms with E-state index in [1.807, 2.05) is 90.2 Å². The van der Waals surface area contributed by atoms with Crippen LogP contribution in [0.25, 0.3) is 120 Å². The minimum absolute atomic E-state index is 0.564. The molecular weight excluding hydrogens is 719 g/mol. The molecule has 0 saturated heterocycles. The van der Waals surface area contributed by atoms with Gasteiger partial charge in [0.1, 0.15) is 22.3 Å². The van der Waals surface area contributed by atoms with Gasteiger partial charge in [0.25, 0.3) is 0 Å². The summed E-state index contributed by atoms with van der Waals surface area (Å²) in [4.78, 5) is 14.9. The molecule has 12 aromatic rings. The fourth-order valence-electron chi connectivity index (χ4n) is 8.18. The van der Waals surface area contributed by atoms with Crippen molar-refractivity contribution >= 4 is 75.4 Å². The van der Waals surface area contributed by atoms with Gasteiger partial charge in [0.15, 0.2) is 17.5 Å². The number of hydrogen-bond acceptors (Lipinski definition) is 6. The monoisotopic (exact) mass is 747 g/mol. The molecule has 0 bridgehead atoms. The van der Waals surface area contributed by atoms with Crippen molar-refractivity contribution in [3.8, 4) is 56.4 Å². The first kappa shape index (κ1) is 31.9. The quantitative estimate of drug-likeness (QED) is 0.175. The molecule has 0 aliphatic carbocycles. The maximum atomic E-state index is 6.82. The molecule has 0 fully saturated rings. The van der Waals surface area contributed by atoms with Crippen molar-refractivity contribution < 1.29 is 8.83 Å². The van der Waals surface area contributed by atoms with Crippen molar-refractivity contribution in [3.05, 3.63) is 176 Å². The van der Waals surface area contributed by atoms with Crippen LogP contribution in [0.4, 0.5) is 0 Å². The summed E-state index contributed by atoms with van der Waals surface area (Å²) in [5.74, 6) is 1.79. The molecule has 0 amide bonds. The van der Waals surface area contributed by atoms with E-state index in [0.29, 0.717) is 17.5 Å². The Morgan fingerprint density at radius 1 is 0.333 bits per heavy atom. The summed E-state index contributed by atoms with van der Waals surface area (Å²) in [6.07, 6.45) is 0. The Kier molecular flexibility index (Phi) is 7.03. The predicted molar refractivity (Wildman–Crippen MR) is 234 cm³/mol. The Balaban J connectivity index is 1.03. The van der Waals surface area contributed by atoms with E-state index in [9.17, 15) is 0 Å². The molecule has 266 valence electrons. The average Bonchev–Trinajstić information content (AvgIpc) is 3.97. The Hall–Kier alpha value is -7.41. The van der Waals surface area contributed by atoms with E-state index in [2.05, 4.69) is 97.1 Å². The molecule has 0 aliphatic heterocycles. The fourth-order valence-corrected chi connectivity index (χ4v) is 9.40. The number of rotatable bonds is 5. The second kappa shape index (κ2) is 12.6. The highest BCUT2D eigenvalue weighted by molar-refractivity contribution is 7.26. The van der Waals surface area contributed by atoms with E-state index in [1.165, 1.54) is 25.7 Å². The van der Waals surface area contributed by atoms with Crippen LogP contribution in [-0.2, 0) is 0 Å². The molecule has 0 aliphatic rings. The van der Waals surface area contributed by atoms with Crippen molar-refractivity contribution in [2.24, 2.45) is 0 Å². The molecule has 4 heterocycles. The Bertz CT molecular complexity index is 3470. The summed E-state index contributed by atoms with van der Waals surface area (Å²) in [6, 6.07) is 61.0. The van der Waals surface area contributed by atoms with Gasteiger partial charge in [0.05, 0.1) is 5.56 Å². The van der Waals surface area contributed by atoms with Crippen LogP contribution in [0, 0.1) is 0 Å². The van der Waals surface area contributed by atoms with Crippen LogP contribution in [-0.4, -0.2) is 15.0 Å². The van der Waals surface area contributed by atoms with Crippen molar-refractivity contribution in [2.75, 3.05) is 0 Å². The van der Waals surface area contributed by atoms with Gasteiger partial charge in [0, 0.05) is 58.4 Å². The van der Waals surface area contributed by atoms with E-state index < -0.39 is 0 Å². The number of hydrogen-bond donors (Lipinski definition) is 0. The van der Waals surface area contributed by atoms with Crippen molar-refractivity contribution in [3.63, 3.8) is 0 Å². The standard InChI is InChI=1S/C51H29N3O2S/c1-3-12-30(13-4-1)49-52-50(31-14-5-2-6-15-31)54-51(53-49)39-19-11-18-38-36-24-22-32(29-45(36)56-47(38)39)34-27-40(48-42(28-34)37-17-8-10-21-46(37)57-48)33-23-25-44-41(26-33)35-16-7-9-20-43(35)55-44/h1-29H. The molecule has 5 nitrogen and oxygen atoms in total. The summed E-state index contributed by atoms with van der Waals surface area (Å²) < 4.78 is 15.6.